The van der Waals surface area contributed by atoms with Gasteiger partial charge in [0.15, 0.2) is 0 Å². The molecular formula is C14H15ClN2O4S. The molecule has 22 heavy (non-hydrogen) atoms. The van der Waals surface area contributed by atoms with Crippen molar-refractivity contribution in [3.8, 4) is 0 Å². The minimum Gasteiger partial charge on any atom is -0.461 e. The number of aryl methyl sites for hydroxylation is 1. The van der Waals surface area contributed by atoms with E-state index in [2.05, 4.69) is 4.72 Å². The first-order valence-electron chi connectivity index (χ1n) is 6.45. The average Bonchev–Trinajstić information content (AvgIpc) is 2.81. The van der Waals surface area contributed by atoms with E-state index in [0.29, 0.717) is 10.7 Å². The SMILES string of the molecule is CCOC(=O)c1cc(S(=O)(=O)Nc2cccc(Cl)c2)cn1C. The molecule has 8 heteroatoms. The first kappa shape index (κ1) is 16.4. The minimum absolute atomic E-state index is 0.0296. The van der Waals surface area contributed by atoms with E-state index in [-0.39, 0.29) is 17.2 Å². The summed E-state index contributed by atoms with van der Waals surface area (Å²) < 4.78 is 33.4. The number of sulfonamides is 1. The summed E-state index contributed by atoms with van der Waals surface area (Å²) in [4.78, 5) is 11.7. The van der Waals surface area contributed by atoms with Crippen LogP contribution in [-0.2, 0) is 21.8 Å². The van der Waals surface area contributed by atoms with Gasteiger partial charge in [0.05, 0.1) is 12.3 Å². The number of carbonyl (C=O) groups is 1. The van der Waals surface area contributed by atoms with Gasteiger partial charge in [-0.15, -0.1) is 0 Å². The van der Waals surface area contributed by atoms with Crippen molar-refractivity contribution in [1.82, 2.24) is 4.57 Å². The molecular weight excluding hydrogens is 328 g/mol. The Labute approximate surface area is 133 Å². The molecule has 2 rings (SSSR count). The highest BCUT2D eigenvalue weighted by Crippen LogP contribution is 2.21. The van der Waals surface area contributed by atoms with E-state index < -0.39 is 16.0 Å². The van der Waals surface area contributed by atoms with Crippen LogP contribution in [0, 0.1) is 0 Å². The second-order valence-corrected chi connectivity index (χ2v) is 6.63. The highest BCUT2D eigenvalue weighted by atomic mass is 35.5. The van der Waals surface area contributed by atoms with Crippen LogP contribution < -0.4 is 4.72 Å². The van der Waals surface area contributed by atoms with Crippen LogP contribution in [0.1, 0.15) is 17.4 Å². The number of aromatic nitrogens is 1. The summed E-state index contributed by atoms with van der Waals surface area (Å²) in [5.41, 5.74) is 0.502. The summed E-state index contributed by atoms with van der Waals surface area (Å²) in [6.45, 7) is 1.89. The lowest BCUT2D eigenvalue weighted by Gasteiger charge is -2.06. The first-order chi connectivity index (χ1) is 10.3. The summed E-state index contributed by atoms with van der Waals surface area (Å²) in [7, 11) is -2.24. The van der Waals surface area contributed by atoms with Crippen molar-refractivity contribution in [3.05, 3.63) is 47.2 Å². The Kier molecular flexibility index (Phi) is 4.77. The van der Waals surface area contributed by atoms with Gasteiger partial charge in [-0.25, -0.2) is 13.2 Å². The zero-order valence-electron chi connectivity index (χ0n) is 12.0. The van der Waals surface area contributed by atoms with Crippen LogP contribution in [0.3, 0.4) is 0 Å². The third kappa shape index (κ3) is 3.61. The van der Waals surface area contributed by atoms with E-state index in [4.69, 9.17) is 16.3 Å². The van der Waals surface area contributed by atoms with Crippen LogP contribution in [0.4, 0.5) is 5.69 Å². The number of hydrogen-bond donors (Lipinski definition) is 1. The zero-order valence-corrected chi connectivity index (χ0v) is 13.6. The van der Waals surface area contributed by atoms with Gasteiger partial charge >= 0.3 is 5.97 Å². The van der Waals surface area contributed by atoms with Crippen molar-refractivity contribution in [1.29, 1.82) is 0 Å². The smallest absolute Gasteiger partial charge is 0.354 e. The van der Waals surface area contributed by atoms with Crippen molar-refractivity contribution in [2.24, 2.45) is 7.05 Å². The number of halogens is 1. The van der Waals surface area contributed by atoms with Crippen molar-refractivity contribution >= 4 is 33.3 Å². The monoisotopic (exact) mass is 342 g/mol. The summed E-state index contributed by atoms with van der Waals surface area (Å²) in [6, 6.07) is 7.62. The Hall–Kier alpha value is -1.99. The number of anilines is 1. The van der Waals surface area contributed by atoms with Crippen molar-refractivity contribution < 1.29 is 17.9 Å². The maximum Gasteiger partial charge on any atom is 0.354 e. The molecule has 1 aromatic carbocycles. The molecule has 0 atom stereocenters. The summed E-state index contributed by atoms with van der Waals surface area (Å²) in [5, 5.41) is 0.417. The number of nitrogens with zero attached hydrogens (tertiary/aromatic N) is 1. The second kappa shape index (κ2) is 6.41. The average molecular weight is 343 g/mol. The molecule has 0 saturated carbocycles. The number of rotatable bonds is 5. The number of esters is 1. The Bertz CT molecular complexity index is 799. The molecule has 1 heterocycles. The van der Waals surface area contributed by atoms with E-state index >= 15 is 0 Å². The van der Waals surface area contributed by atoms with Crippen LogP contribution in [-0.4, -0.2) is 25.6 Å². The molecule has 6 nitrogen and oxygen atoms in total. The maximum atomic E-state index is 12.3. The summed E-state index contributed by atoms with van der Waals surface area (Å²) in [5.74, 6) is -0.575. The standard InChI is InChI=1S/C14H15ClN2O4S/c1-3-21-14(18)13-8-12(9-17(13)2)22(19,20)16-11-6-4-5-10(15)7-11/h4-9,16H,3H2,1-2H3. The molecule has 0 spiro atoms. The van der Waals surface area contributed by atoms with Gasteiger partial charge in [0.2, 0.25) is 0 Å². The fraction of sp³-hybridized carbons (Fsp3) is 0.214. The molecule has 0 unspecified atom stereocenters. The van der Waals surface area contributed by atoms with Crippen LogP contribution in [0.5, 0.6) is 0 Å². The van der Waals surface area contributed by atoms with Crippen molar-refractivity contribution in [2.45, 2.75) is 11.8 Å². The molecule has 0 bridgehead atoms. The number of ether oxygens (including phenoxy) is 1. The summed E-state index contributed by atoms with van der Waals surface area (Å²) >= 11 is 5.83. The lowest BCUT2D eigenvalue weighted by molar-refractivity contribution is 0.0515. The molecule has 118 valence electrons. The predicted octanol–water partition coefficient (Wildman–Crippen LogP) is 2.66. The highest BCUT2D eigenvalue weighted by molar-refractivity contribution is 7.92. The molecule has 0 aliphatic heterocycles. The number of hydrogen-bond acceptors (Lipinski definition) is 4. The zero-order chi connectivity index (χ0) is 16.3. The lowest BCUT2D eigenvalue weighted by Crippen LogP contribution is -2.12. The van der Waals surface area contributed by atoms with Crippen LogP contribution >= 0.6 is 11.6 Å². The molecule has 0 aliphatic rings. The van der Waals surface area contributed by atoms with E-state index in [1.807, 2.05) is 0 Å². The second-order valence-electron chi connectivity index (χ2n) is 4.51. The van der Waals surface area contributed by atoms with Gasteiger partial charge in [0.1, 0.15) is 10.6 Å². The predicted molar refractivity (Wildman–Crippen MR) is 83.6 cm³/mol. The Morgan fingerprint density at radius 1 is 1.36 bits per heavy atom. The molecule has 0 fully saturated rings. The Morgan fingerprint density at radius 2 is 2.09 bits per heavy atom. The van der Waals surface area contributed by atoms with E-state index in [1.165, 1.54) is 22.9 Å². The van der Waals surface area contributed by atoms with E-state index in [9.17, 15) is 13.2 Å². The van der Waals surface area contributed by atoms with Gasteiger partial charge in [0.25, 0.3) is 10.0 Å². The molecule has 0 radical (unpaired) electrons. The minimum atomic E-state index is -3.82. The molecule has 1 aromatic heterocycles. The number of carbonyl (C=O) groups excluding carboxylic acids is 1. The van der Waals surface area contributed by atoms with Crippen LogP contribution in [0.25, 0.3) is 0 Å². The Balaban J connectivity index is 2.30. The Morgan fingerprint density at radius 3 is 2.73 bits per heavy atom. The number of nitrogens with one attached hydrogen (secondary N) is 1. The van der Waals surface area contributed by atoms with E-state index in [0.717, 1.165) is 0 Å². The van der Waals surface area contributed by atoms with Gasteiger partial charge in [0, 0.05) is 18.3 Å². The fourth-order valence-corrected chi connectivity index (χ4v) is 3.16. The molecule has 1 N–H and O–H groups in total. The van der Waals surface area contributed by atoms with Gasteiger partial charge in [-0.2, -0.15) is 0 Å². The fourth-order valence-electron chi connectivity index (χ4n) is 1.86. The van der Waals surface area contributed by atoms with Crippen molar-refractivity contribution in [3.63, 3.8) is 0 Å². The maximum absolute atomic E-state index is 12.3. The largest absolute Gasteiger partial charge is 0.461 e. The molecule has 0 amide bonds. The van der Waals surface area contributed by atoms with Gasteiger partial charge in [-0.1, -0.05) is 17.7 Å². The van der Waals surface area contributed by atoms with Gasteiger partial charge in [-0.3, -0.25) is 4.72 Å². The van der Waals surface area contributed by atoms with Gasteiger partial charge in [-0.05, 0) is 31.2 Å². The van der Waals surface area contributed by atoms with Gasteiger partial charge < -0.3 is 9.30 Å². The van der Waals surface area contributed by atoms with Crippen LogP contribution in [0.2, 0.25) is 5.02 Å². The third-order valence-electron chi connectivity index (χ3n) is 2.85. The molecule has 0 aliphatic carbocycles. The number of benzene rings is 1. The third-order valence-corrected chi connectivity index (χ3v) is 4.43. The summed E-state index contributed by atoms with van der Waals surface area (Å²) in [6.07, 6.45) is 1.35. The normalized spacial score (nSPS) is 11.2. The first-order valence-corrected chi connectivity index (χ1v) is 8.31. The quantitative estimate of drug-likeness (QED) is 0.847. The molecule has 0 saturated heterocycles. The highest BCUT2D eigenvalue weighted by Gasteiger charge is 2.21. The van der Waals surface area contributed by atoms with Crippen LogP contribution in [0.15, 0.2) is 41.4 Å². The molecule has 2 aromatic rings. The van der Waals surface area contributed by atoms with E-state index in [1.54, 1.807) is 32.2 Å². The topological polar surface area (TPSA) is 77.4 Å². The lowest BCUT2D eigenvalue weighted by atomic mass is 10.3. The van der Waals surface area contributed by atoms with Crippen molar-refractivity contribution in [2.75, 3.05) is 11.3 Å².